The minimum absolute atomic E-state index is 0.0381. The van der Waals surface area contributed by atoms with Gasteiger partial charge in [0.05, 0.1) is 10.9 Å². The molecule has 2 heterocycles. The number of fused-ring (bicyclic) bond motifs is 5. The van der Waals surface area contributed by atoms with E-state index in [1.807, 2.05) is 60.7 Å². The second-order valence-electron chi connectivity index (χ2n) is 9.85. The normalized spacial score (nSPS) is 14.3. The van der Waals surface area contributed by atoms with E-state index in [9.17, 15) is 0 Å². The second-order valence-corrected chi connectivity index (χ2v) is 12.6. The summed E-state index contributed by atoms with van der Waals surface area (Å²) in [4.78, 5) is 0. The van der Waals surface area contributed by atoms with Crippen LogP contribution in [0.15, 0.2) is 115 Å². The fraction of sp³-hybridized carbons (Fsp3) is 0.182. The predicted octanol–water partition coefficient (Wildman–Crippen LogP) is 6.51. The molecule has 0 bridgehead atoms. The van der Waals surface area contributed by atoms with Gasteiger partial charge in [0.15, 0.2) is 18.9 Å². The summed E-state index contributed by atoms with van der Waals surface area (Å²) in [5.74, 6) is 0. The molecule has 2 nitrogen and oxygen atoms in total. The van der Waals surface area contributed by atoms with Crippen LogP contribution in [0.4, 0.5) is 0 Å². The van der Waals surface area contributed by atoms with Gasteiger partial charge >= 0.3 is 0 Å². The largest absolute Gasteiger partial charge is 0.309 e. The highest BCUT2D eigenvalue weighted by atomic mass is 31.2. The van der Waals surface area contributed by atoms with E-state index in [0.717, 1.165) is 35.2 Å². The lowest BCUT2D eigenvalue weighted by atomic mass is 9.78. The number of nitrogens with zero attached hydrogens (tertiary/aromatic N) is 1. The summed E-state index contributed by atoms with van der Waals surface area (Å²) in [6.07, 6.45) is 5.38. The molecule has 3 heteroatoms. The highest BCUT2D eigenvalue weighted by Crippen LogP contribution is 2.45. The first-order chi connectivity index (χ1) is 17.6. The first-order valence-corrected chi connectivity index (χ1v) is 14.6. The summed E-state index contributed by atoms with van der Waals surface area (Å²) in [6.45, 7) is 4.60. The zero-order valence-electron chi connectivity index (χ0n) is 20.9. The van der Waals surface area contributed by atoms with Crippen molar-refractivity contribution in [2.45, 2.75) is 38.6 Å². The molecule has 0 amide bonds. The summed E-state index contributed by atoms with van der Waals surface area (Å²) in [7, 11) is -3.05. The molecule has 1 aliphatic heterocycles. The second kappa shape index (κ2) is 8.87. The van der Waals surface area contributed by atoms with Crippen molar-refractivity contribution in [3.63, 3.8) is 0 Å². The molecular formula is C33H31NOP+. The maximum absolute atomic E-state index is 15.1. The number of pyridine rings is 1. The van der Waals surface area contributed by atoms with Crippen LogP contribution in [0.25, 0.3) is 22.0 Å². The lowest BCUT2D eigenvalue weighted by molar-refractivity contribution is -0.757. The maximum atomic E-state index is 15.1. The summed E-state index contributed by atoms with van der Waals surface area (Å²) < 4.78 is 17.6. The van der Waals surface area contributed by atoms with E-state index in [-0.39, 0.29) is 5.54 Å². The van der Waals surface area contributed by atoms with E-state index in [1.165, 1.54) is 27.6 Å². The van der Waals surface area contributed by atoms with Gasteiger partial charge in [0.25, 0.3) is 0 Å². The van der Waals surface area contributed by atoms with E-state index in [0.29, 0.717) is 0 Å². The molecule has 0 unspecified atom stereocenters. The van der Waals surface area contributed by atoms with E-state index in [1.54, 1.807) is 0 Å². The Morgan fingerprint density at radius 2 is 1.33 bits per heavy atom. The van der Waals surface area contributed by atoms with Crippen molar-refractivity contribution < 1.29 is 9.13 Å². The summed E-state index contributed by atoms with van der Waals surface area (Å²) in [5.41, 5.74) is 3.82. The van der Waals surface area contributed by atoms with Gasteiger partial charge in [-0.3, -0.25) is 0 Å². The van der Waals surface area contributed by atoms with E-state index < -0.39 is 7.14 Å². The minimum atomic E-state index is -3.05. The molecule has 5 aromatic rings. The molecule has 0 atom stereocenters. The van der Waals surface area contributed by atoms with Crippen LogP contribution in [0, 0.1) is 0 Å². The number of aromatic nitrogens is 1. The van der Waals surface area contributed by atoms with Gasteiger partial charge < -0.3 is 4.57 Å². The highest BCUT2D eigenvalue weighted by Gasteiger charge is 2.45. The van der Waals surface area contributed by atoms with E-state index in [2.05, 4.69) is 73.1 Å². The molecule has 178 valence electrons. The number of benzene rings is 4. The first kappa shape index (κ1) is 23.0. The monoisotopic (exact) mass is 488 g/mol. The van der Waals surface area contributed by atoms with Crippen LogP contribution in [-0.4, -0.2) is 0 Å². The Bertz CT molecular complexity index is 1560. The highest BCUT2D eigenvalue weighted by molar-refractivity contribution is 7.85. The zero-order valence-corrected chi connectivity index (χ0v) is 21.8. The summed E-state index contributed by atoms with van der Waals surface area (Å²) in [6, 6.07) is 37.4. The molecule has 0 aliphatic carbocycles. The van der Waals surface area contributed by atoms with Gasteiger partial charge in [-0.1, -0.05) is 105 Å². The van der Waals surface area contributed by atoms with Crippen molar-refractivity contribution >= 4 is 33.8 Å². The van der Waals surface area contributed by atoms with Crippen LogP contribution in [0.3, 0.4) is 0 Å². The Labute approximate surface area is 213 Å². The number of hydrogen-bond acceptors (Lipinski definition) is 1. The summed E-state index contributed by atoms with van der Waals surface area (Å²) >= 11 is 0. The van der Waals surface area contributed by atoms with Gasteiger partial charge in [-0.25, -0.2) is 0 Å². The molecule has 4 aromatic carbocycles. The molecule has 0 spiro atoms. The van der Waals surface area contributed by atoms with E-state index in [4.69, 9.17) is 0 Å². The fourth-order valence-corrected chi connectivity index (χ4v) is 8.70. The third kappa shape index (κ3) is 3.39. The third-order valence-corrected chi connectivity index (χ3v) is 11.2. The van der Waals surface area contributed by atoms with Crippen molar-refractivity contribution in [1.29, 1.82) is 0 Å². The lowest BCUT2D eigenvalue weighted by Crippen LogP contribution is -2.60. The summed E-state index contributed by atoms with van der Waals surface area (Å²) in [5, 5.41) is 5.11. The number of hydrogen-bond donors (Lipinski definition) is 0. The topological polar surface area (TPSA) is 20.9 Å². The molecule has 1 aliphatic rings. The smallest absolute Gasteiger partial charge is 0.221 e. The Morgan fingerprint density at radius 3 is 1.97 bits per heavy atom. The average molecular weight is 489 g/mol. The van der Waals surface area contributed by atoms with Crippen LogP contribution in [0.1, 0.15) is 32.3 Å². The standard InChI is InChI=1S/C33H31NOP/c1-3-33(4-2)24-26-19-20-29(23-31(26)32-30-18-12-11-13-25(30)21-22-34(32)33)36(35,27-14-7-5-8-15-27)28-16-9-6-10-17-28/h5-23H,3-4,24H2,1-2H3/q+1. The van der Waals surface area contributed by atoms with Gasteiger partial charge in [-0.15, -0.1) is 0 Å². The van der Waals surface area contributed by atoms with Crippen LogP contribution in [0.5, 0.6) is 0 Å². The molecule has 0 radical (unpaired) electrons. The van der Waals surface area contributed by atoms with Crippen LogP contribution < -0.4 is 20.5 Å². The Morgan fingerprint density at radius 1 is 0.722 bits per heavy atom. The van der Waals surface area contributed by atoms with Gasteiger partial charge in [-0.05, 0) is 23.1 Å². The van der Waals surface area contributed by atoms with Gasteiger partial charge in [0.1, 0.15) is 0 Å². The molecule has 0 saturated carbocycles. The van der Waals surface area contributed by atoms with Crippen molar-refractivity contribution in [2.75, 3.05) is 0 Å². The fourth-order valence-electron chi connectivity index (χ4n) is 6.03. The van der Waals surface area contributed by atoms with Crippen molar-refractivity contribution in [3.8, 4) is 11.3 Å². The zero-order chi connectivity index (χ0) is 24.8. The van der Waals surface area contributed by atoms with Crippen molar-refractivity contribution in [1.82, 2.24) is 0 Å². The molecule has 0 N–H and O–H groups in total. The van der Waals surface area contributed by atoms with Crippen LogP contribution in [-0.2, 0) is 16.5 Å². The minimum Gasteiger partial charge on any atom is -0.309 e. The van der Waals surface area contributed by atoms with Gasteiger partial charge in [-0.2, -0.15) is 4.57 Å². The number of rotatable bonds is 5. The van der Waals surface area contributed by atoms with Crippen LogP contribution in [0.2, 0.25) is 0 Å². The predicted molar refractivity (Wildman–Crippen MR) is 151 cm³/mol. The Kier molecular flexibility index (Phi) is 5.66. The molecule has 6 rings (SSSR count). The van der Waals surface area contributed by atoms with Crippen molar-refractivity contribution in [2.24, 2.45) is 0 Å². The van der Waals surface area contributed by atoms with Crippen molar-refractivity contribution in [3.05, 3.63) is 121 Å². The van der Waals surface area contributed by atoms with Gasteiger partial charge in [0, 0.05) is 41.2 Å². The molecule has 36 heavy (non-hydrogen) atoms. The molecule has 1 aromatic heterocycles. The Balaban J connectivity index is 1.66. The Hall–Kier alpha value is -3.48. The van der Waals surface area contributed by atoms with Crippen LogP contribution >= 0.6 is 7.14 Å². The third-order valence-electron chi connectivity index (χ3n) is 8.16. The molecule has 0 saturated heterocycles. The first-order valence-electron chi connectivity index (χ1n) is 12.9. The van der Waals surface area contributed by atoms with Gasteiger partial charge in [0.2, 0.25) is 5.69 Å². The molecule has 0 fully saturated rings. The lowest BCUT2D eigenvalue weighted by Gasteiger charge is -2.34. The molecular weight excluding hydrogens is 457 g/mol. The quantitative estimate of drug-likeness (QED) is 0.204. The average Bonchev–Trinajstić information content (AvgIpc) is 2.96. The van der Waals surface area contributed by atoms with E-state index >= 15 is 4.57 Å². The maximum Gasteiger partial charge on any atom is 0.221 e. The SMILES string of the molecule is CCC1(CC)Cc2ccc(P(=O)(c3ccccc3)c3ccccc3)cc2-c2c3ccccc3cc[n+]21.